The lowest BCUT2D eigenvalue weighted by Crippen LogP contribution is -2.44. The van der Waals surface area contributed by atoms with Crippen molar-refractivity contribution in [3.63, 3.8) is 0 Å². The molecule has 2 atom stereocenters. The number of para-hydroxylation sites is 2. The van der Waals surface area contributed by atoms with Crippen molar-refractivity contribution in [2.75, 3.05) is 20.1 Å². The maximum Gasteiger partial charge on any atom is 0.256 e. The minimum Gasteiger partial charge on any atom is -0.487 e. The van der Waals surface area contributed by atoms with Crippen LogP contribution < -0.4 is 4.74 Å². The second-order valence-corrected chi connectivity index (χ2v) is 10.2. The fourth-order valence-electron chi connectivity index (χ4n) is 4.76. The number of likely N-dealkylation sites (tertiary alicyclic amines) is 1. The molecule has 2 aliphatic heterocycles. The summed E-state index contributed by atoms with van der Waals surface area (Å²) in [4.78, 5) is 15.4. The summed E-state index contributed by atoms with van der Waals surface area (Å²) in [5.41, 5.74) is 1.68. The zero-order chi connectivity index (χ0) is 21.8. The van der Waals surface area contributed by atoms with Crippen molar-refractivity contribution in [1.82, 2.24) is 13.8 Å². The standard InChI is InChI=1S/C23H25N3O4S/c1-24-15-17(16-7-3-4-8-18(16)24)23(27)26-13-11-19-20(12-14-26)30-21-9-5-6-10-22(21)31(28,29)25(19)2/h3-10,15,19-20H,11-14H2,1-2H3/t19-,20-/m1/s1. The summed E-state index contributed by atoms with van der Waals surface area (Å²) in [5.74, 6) is 0.356. The second kappa shape index (κ2) is 7.39. The summed E-state index contributed by atoms with van der Waals surface area (Å²) in [7, 11) is -0.111. The number of amides is 1. The van der Waals surface area contributed by atoms with Gasteiger partial charge >= 0.3 is 0 Å². The first kappa shape index (κ1) is 20.1. The number of benzene rings is 2. The van der Waals surface area contributed by atoms with Gasteiger partial charge in [-0.15, -0.1) is 0 Å². The molecular formula is C23H25N3O4S. The van der Waals surface area contributed by atoms with Gasteiger partial charge in [0.05, 0.1) is 11.6 Å². The summed E-state index contributed by atoms with van der Waals surface area (Å²) < 4.78 is 35.9. The molecule has 0 aliphatic carbocycles. The van der Waals surface area contributed by atoms with Crippen molar-refractivity contribution in [2.24, 2.45) is 7.05 Å². The number of aryl methyl sites for hydroxylation is 1. The number of rotatable bonds is 1. The van der Waals surface area contributed by atoms with Crippen LogP contribution in [-0.4, -0.2) is 60.4 Å². The first-order valence-electron chi connectivity index (χ1n) is 10.4. The number of ether oxygens (including phenoxy) is 1. The van der Waals surface area contributed by atoms with E-state index in [-0.39, 0.29) is 22.9 Å². The van der Waals surface area contributed by atoms with E-state index < -0.39 is 10.0 Å². The van der Waals surface area contributed by atoms with E-state index in [1.54, 1.807) is 31.3 Å². The Kier molecular flexibility index (Phi) is 4.79. The lowest BCUT2D eigenvalue weighted by molar-refractivity contribution is 0.0757. The summed E-state index contributed by atoms with van der Waals surface area (Å²) in [6.07, 6.45) is 2.65. The Morgan fingerprint density at radius 1 is 1.00 bits per heavy atom. The minimum atomic E-state index is -3.66. The number of likely N-dealkylation sites (N-methyl/N-ethyl adjacent to an activating group) is 1. The zero-order valence-corrected chi connectivity index (χ0v) is 18.4. The minimum absolute atomic E-state index is 0.0285. The predicted octanol–water partition coefficient (Wildman–Crippen LogP) is 2.86. The summed E-state index contributed by atoms with van der Waals surface area (Å²) in [6, 6.07) is 14.3. The van der Waals surface area contributed by atoms with E-state index in [1.807, 2.05) is 47.0 Å². The molecule has 2 aromatic carbocycles. The van der Waals surface area contributed by atoms with Crippen LogP contribution in [0.15, 0.2) is 59.6 Å². The molecular weight excluding hydrogens is 414 g/mol. The number of hydrogen-bond donors (Lipinski definition) is 0. The van der Waals surface area contributed by atoms with E-state index in [1.165, 1.54) is 4.31 Å². The third-order valence-corrected chi connectivity index (χ3v) is 8.40. The van der Waals surface area contributed by atoms with Crippen LogP contribution in [0.4, 0.5) is 0 Å². The third kappa shape index (κ3) is 3.21. The van der Waals surface area contributed by atoms with Gasteiger partial charge in [-0.2, -0.15) is 4.31 Å². The van der Waals surface area contributed by atoms with Gasteiger partial charge in [0.15, 0.2) is 0 Å². The quantitative estimate of drug-likeness (QED) is 0.585. The van der Waals surface area contributed by atoms with Crippen LogP contribution in [0.1, 0.15) is 23.2 Å². The molecule has 0 radical (unpaired) electrons. The van der Waals surface area contributed by atoms with Crippen molar-refractivity contribution in [1.29, 1.82) is 0 Å². The highest BCUT2D eigenvalue weighted by atomic mass is 32.2. The number of hydrogen-bond acceptors (Lipinski definition) is 4. The summed E-state index contributed by atoms with van der Waals surface area (Å²) in [5, 5.41) is 0.929. The Balaban J connectivity index is 1.45. The molecule has 1 fully saturated rings. The molecule has 0 bridgehead atoms. The fourth-order valence-corrected chi connectivity index (χ4v) is 6.29. The Hall–Kier alpha value is -2.84. The maximum atomic E-state index is 13.4. The van der Waals surface area contributed by atoms with Crippen LogP contribution in [0, 0.1) is 0 Å². The Bertz CT molecular complexity index is 1270. The number of carbonyl (C=O) groups is 1. The normalized spacial score (nSPS) is 23.4. The second-order valence-electron chi connectivity index (χ2n) is 8.23. The molecule has 162 valence electrons. The molecule has 3 aromatic rings. The molecule has 0 spiro atoms. The SMILES string of the molecule is CN1[C@@H]2CCN(C(=O)c3cn(C)c4ccccc34)CC[C@H]2Oc2ccccc2S1(=O)=O. The smallest absolute Gasteiger partial charge is 0.256 e. The van der Waals surface area contributed by atoms with Gasteiger partial charge in [0.25, 0.3) is 5.91 Å². The number of nitrogens with zero attached hydrogens (tertiary/aromatic N) is 3. The highest BCUT2D eigenvalue weighted by Crippen LogP contribution is 2.35. The highest BCUT2D eigenvalue weighted by Gasteiger charge is 2.41. The van der Waals surface area contributed by atoms with E-state index in [0.717, 1.165) is 10.9 Å². The molecule has 0 unspecified atom stereocenters. The van der Waals surface area contributed by atoms with Crippen LogP contribution in [0.2, 0.25) is 0 Å². The van der Waals surface area contributed by atoms with E-state index in [0.29, 0.717) is 37.2 Å². The average molecular weight is 440 g/mol. The molecule has 0 saturated carbocycles. The van der Waals surface area contributed by atoms with Crippen LogP contribution in [-0.2, 0) is 17.1 Å². The predicted molar refractivity (Wildman–Crippen MR) is 118 cm³/mol. The van der Waals surface area contributed by atoms with Gasteiger partial charge in [0, 0.05) is 50.7 Å². The van der Waals surface area contributed by atoms with Gasteiger partial charge in [0.1, 0.15) is 16.7 Å². The van der Waals surface area contributed by atoms with Crippen LogP contribution in [0.25, 0.3) is 10.9 Å². The largest absolute Gasteiger partial charge is 0.487 e. The molecule has 2 aliphatic rings. The van der Waals surface area contributed by atoms with Crippen molar-refractivity contribution < 1.29 is 17.9 Å². The number of sulfonamides is 1. The molecule has 3 heterocycles. The molecule has 1 aromatic heterocycles. The van der Waals surface area contributed by atoms with Gasteiger partial charge < -0.3 is 14.2 Å². The van der Waals surface area contributed by atoms with E-state index in [4.69, 9.17) is 4.74 Å². The summed E-state index contributed by atoms with van der Waals surface area (Å²) >= 11 is 0. The summed E-state index contributed by atoms with van der Waals surface area (Å²) in [6.45, 7) is 0.988. The van der Waals surface area contributed by atoms with Gasteiger partial charge in [-0.3, -0.25) is 4.79 Å². The Morgan fingerprint density at radius 2 is 1.71 bits per heavy atom. The topological polar surface area (TPSA) is 71.8 Å². The Morgan fingerprint density at radius 3 is 2.55 bits per heavy atom. The molecule has 7 nitrogen and oxygen atoms in total. The van der Waals surface area contributed by atoms with Crippen molar-refractivity contribution >= 4 is 26.8 Å². The molecule has 1 amide bonds. The van der Waals surface area contributed by atoms with Crippen LogP contribution in [0.3, 0.4) is 0 Å². The van der Waals surface area contributed by atoms with Crippen LogP contribution in [0.5, 0.6) is 5.75 Å². The van der Waals surface area contributed by atoms with Gasteiger partial charge in [-0.25, -0.2) is 8.42 Å². The lowest BCUT2D eigenvalue weighted by atomic mass is 10.1. The van der Waals surface area contributed by atoms with Crippen molar-refractivity contribution in [3.8, 4) is 5.75 Å². The van der Waals surface area contributed by atoms with Gasteiger partial charge in [0.2, 0.25) is 10.0 Å². The highest BCUT2D eigenvalue weighted by molar-refractivity contribution is 7.89. The van der Waals surface area contributed by atoms with Crippen molar-refractivity contribution in [3.05, 3.63) is 60.3 Å². The first-order valence-corrected chi connectivity index (χ1v) is 11.9. The zero-order valence-electron chi connectivity index (χ0n) is 17.6. The molecule has 31 heavy (non-hydrogen) atoms. The van der Waals surface area contributed by atoms with Gasteiger partial charge in [-0.05, 0) is 24.6 Å². The van der Waals surface area contributed by atoms with E-state index in [9.17, 15) is 13.2 Å². The number of aromatic nitrogens is 1. The van der Waals surface area contributed by atoms with E-state index in [2.05, 4.69) is 0 Å². The molecule has 8 heteroatoms. The molecule has 5 rings (SSSR count). The van der Waals surface area contributed by atoms with E-state index >= 15 is 0 Å². The Labute approximate surface area is 181 Å². The average Bonchev–Trinajstić information content (AvgIpc) is 2.92. The van der Waals surface area contributed by atoms with Crippen LogP contribution >= 0.6 is 0 Å². The lowest BCUT2D eigenvalue weighted by Gasteiger charge is -2.28. The van der Waals surface area contributed by atoms with Gasteiger partial charge in [-0.1, -0.05) is 30.3 Å². The molecule has 0 N–H and O–H groups in total. The number of carbonyl (C=O) groups excluding carboxylic acids is 1. The van der Waals surface area contributed by atoms with Crippen molar-refractivity contribution in [2.45, 2.75) is 29.9 Å². The number of fused-ring (bicyclic) bond motifs is 3. The fraction of sp³-hybridized carbons (Fsp3) is 0.348. The monoisotopic (exact) mass is 439 g/mol. The first-order chi connectivity index (χ1) is 14.9. The maximum absolute atomic E-state index is 13.4. The molecule has 1 saturated heterocycles. The third-order valence-electron chi connectivity index (χ3n) is 6.47.